The number of aromatic nitrogens is 2. The minimum Gasteiger partial charge on any atom is -0.345 e. The van der Waals surface area contributed by atoms with E-state index in [2.05, 4.69) is 10.4 Å². The van der Waals surface area contributed by atoms with Crippen molar-refractivity contribution < 1.29 is 9.59 Å². The monoisotopic (exact) mass is 310 g/mol. The van der Waals surface area contributed by atoms with E-state index >= 15 is 0 Å². The van der Waals surface area contributed by atoms with Crippen LogP contribution in [-0.4, -0.2) is 39.1 Å². The average molecular weight is 311 g/mol. The van der Waals surface area contributed by atoms with E-state index in [1.165, 1.54) is 0 Å². The molecule has 1 aliphatic heterocycles. The molecule has 1 saturated carbocycles. The second-order valence-electron chi connectivity index (χ2n) is 5.71. The molecule has 2 amide bonds. The molecule has 7 heteroatoms. The fourth-order valence-electron chi connectivity index (χ4n) is 2.89. The maximum absolute atomic E-state index is 12.2. The van der Waals surface area contributed by atoms with Gasteiger partial charge in [-0.15, -0.1) is 0 Å². The molecule has 0 radical (unpaired) electrons. The number of carbonyl (C=O) groups excluding carboxylic acids is 2. The van der Waals surface area contributed by atoms with E-state index in [0.717, 1.165) is 30.7 Å². The highest BCUT2D eigenvalue weighted by Gasteiger charge is 2.45. The SMILES string of the molecule is CCc1nn(C)c(CN2C(=O)CNC(=O)C2C2CC2)c1Cl. The molecule has 1 aliphatic carbocycles. The van der Waals surface area contributed by atoms with Crippen LogP contribution in [0.2, 0.25) is 5.02 Å². The Kier molecular flexibility index (Phi) is 3.65. The molecule has 2 aliphatic rings. The zero-order chi connectivity index (χ0) is 15.1. The lowest BCUT2D eigenvalue weighted by molar-refractivity contribution is -0.147. The van der Waals surface area contributed by atoms with Crippen molar-refractivity contribution in [1.29, 1.82) is 0 Å². The summed E-state index contributed by atoms with van der Waals surface area (Å²) in [5.41, 5.74) is 1.62. The molecule has 0 bridgehead atoms. The van der Waals surface area contributed by atoms with Gasteiger partial charge in [-0.05, 0) is 25.2 Å². The van der Waals surface area contributed by atoms with Crippen LogP contribution in [-0.2, 0) is 29.6 Å². The van der Waals surface area contributed by atoms with Gasteiger partial charge in [-0.3, -0.25) is 14.3 Å². The second kappa shape index (κ2) is 5.33. The first kappa shape index (κ1) is 14.4. The molecule has 21 heavy (non-hydrogen) atoms. The molecule has 1 N–H and O–H groups in total. The minimum atomic E-state index is -0.359. The number of halogens is 1. The van der Waals surface area contributed by atoms with E-state index < -0.39 is 0 Å². The van der Waals surface area contributed by atoms with Crippen molar-refractivity contribution in [1.82, 2.24) is 20.0 Å². The zero-order valence-electron chi connectivity index (χ0n) is 12.2. The third-order valence-corrected chi connectivity index (χ3v) is 4.67. The summed E-state index contributed by atoms with van der Waals surface area (Å²) >= 11 is 6.35. The van der Waals surface area contributed by atoms with E-state index in [1.54, 1.807) is 9.58 Å². The van der Waals surface area contributed by atoms with Gasteiger partial charge in [0.2, 0.25) is 11.8 Å². The first-order chi connectivity index (χ1) is 10.0. The largest absolute Gasteiger partial charge is 0.345 e. The Hall–Kier alpha value is -1.56. The summed E-state index contributed by atoms with van der Waals surface area (Å²) in [5.74, 6) is 0.180. The van der Waals surface area contributed by atoms with Crippen LogP contribution in [0.25, 0.3) is 0 Å². The molecule has 3 rings (SSSR count). The van der Waals surface area contributed by atoms with E-state index in [4.69, 9.17) is 11.6 Å². The fourth-order valence-corrected chi connectivity index (χ4v) is 3.24. The maximum atomic E-state index is 12.2. The Labute approximate surface area is 128 Å². The first-order valence-electron chi connectivity index (χ1n) is 7.30. The number of nitrogens with zero attached hydrogens (tertiary/aromatic N) is 3. The molecular weight excluding hydrogens is 292 g/mol. The van der Waals surface area contributed by atoms with Crippen LogP contribution in [0.5, 0.6) is 0 Å². The van der Waals surface area contributed by atoms with Gasteiger partial charge in [0.05, 0.1) is 29.5 Å². The Morgan fingerprint density at radius 1 is 1.38 bits per heavy atom. The smallest absolute Gasteiger partial charge is 0.243 e. The lowest BCUT2D eigenvalue weighted by atomic mass is 10.1. The molecule has 1 aromatic heterocycles. The van der Waals surface area contributed by atoms with Crippen LogP contribution in [0, 0.1) is 5.92 Å². The highest BCUT2D eigenvalue weighted by molar-refractivity contribution is 6.31. The molecule has 6 nitrogen and oxygen atoms in total. The standard InChI is InChI=1S/C14H19ClN4O2/c1-3-9-12(15)10(18(2)17-9)7-19-11(20)6-16-14(21)13(19)8-4-5-8/h8,13H,3-7H2,1-2H3,(H,16,21). The van der Waals surface area contributed by atoms with Gasteiger partial charge < -0.3 is 10.2 Å². The molecular formula is C14H19ClN4O2. The Bertz CT molecular complexity index is 594. The number of nitrogens with one attached hydrogen (secondary N) is 1. The summed E-state index contributed by atoms with van der Waals surface area (Å²) in [4.78, 5) is 26.0. The van der Waals surface area contributed by atoms with Crippen molar-refractivity contribution in [3.8, 4) is 0 Å². The Morgan fingerprint density at radius 2 is 2.10 bits per heavy atom. The van der Waals surface area contributed by atoms with Crippen LogP contribution in [0.15, 0.2) is 0 Å². The van der Waals surface area contributed by atoms with E-state index in [9.17, 15) is 9.59 Å². The van der Waals surface area contributed by atoms with E-state index in [0.29, 0.717) is 11.6 Å². The zero-order valence-corrected chi connectivity index (χ0v) is 13.0. The first-order valence-corrected chi connectivity index (χ1v) is 7.68. The number of carbonyl (C=O) groups is 2. The van der Waals surface area contributed by atoms with Crippen molar-refractivity contribution >= 4 is 23.4 Å². The number of hydrogen-bond donors (Lipinski definition) is 1. The van der Waals surface area contributed by atoms with Crippen molar-refractivity contribution in [3.63, 3.8) is 0 Å². The second-order valence-corrected chi connectivity index (χ2v) is 6.08. The Balaban J connectivity index is 1.89. The predicted octanol–water partition coefficient (Wildman–Crippen LogP) is 0.873. The molecule has 2 heterocycles. The van der Waals surface area contributed by atoms with Crippen LogP contribution < -0.4 is 5.32 Å². The van der Waals surface area contributed by atoms with Gasteiger partial charge in [0.25, 0.3) is 0 Å². The van der Waals surface area contributed by atoms with Crippen LogP contribution in [0.1, 0.15) is 31.2 Å². The number of aryl methyl sites for hydroxylation is 2. The summed E-state index contributed by atoms with van der Waals surface area (Å²) in [7, 11) is 1.82. The van der Waals surface area contributed by atoms with Crippen molar-refractivity contribution in [2.24, 2.45) is 13.0 Å². The molecule has 0 spiro atoms. The number of hydrogen-bond acceptors (Lipinski definition) is 3. The lowest BCUT2D eigenvalue weighted by Gasteiger charge is -2.35. The van der Waals surface area contributed by atoms with E-state index in [-0.39, 0.29) is 30.3 Å². The summed E-state index contributed by atoms with van der Waals surface area (Å²) in [6, 6.07) is -0.359. The highest BCUT2D eigenvalue weighted by Crippen LogP contribution is 2.37. The summed E-state index contributed by atoms with van der Waals surface area (Å²) in [6.45, 7) is 2.40. The summed E-state index contributed by atoms with van der Waals surface area (Å²) in [5, 5.41) is 7.65. The van der Waals surface area contributed by atoms with Crippen molar-refractivity contribution in [2.75, 3.05) is 6.54 Å². The van der Waals surface area contributed by atoms with Crippen LogP contribution >= 0.6 is 11.6 Å². The minimum absolute atomic E-state index is 0.0499. The highest BCUT2D eigenvalue weighted by atomic mass is 35.5. The molecule has 2 fully saturated rings. The van der Waals surface area contributed by atoms with Gasteiger partial charge in [0, 0.05) is 7.05 Å². The quantitative estimate of drug-likeness (QED) is 0.897. The van der Waals surface area contributed by atoms with Gasteiger partial charge >= 0.3 is 0 Å². The van der Waals surface area contributed by atoms with Crippen molar-refractivity contribution in [3.05, 3.63) is 16.4 Å². The van der Waals surface area contributed by atoms with Crippen LogP contribution in [0.3, 0.4) is 0 Å². The van der Waals surface area contributed by atoms with Gasteiger partial charge in [0.15, 0.2) is 0 Å². The van der Waals surface area contributed by atoms with Gasteiger partial charge in [-0.25, -0.2) is 0 Å². The predicted molar refractivity (Wildman–Crippen MR) is 77.7 cm³/mol. The van der Waals surface area contributed by atoms with Gasteiger partial charge in [-0.1, -0.05) is 18.5 Å². The maximum Gasteiger partial charge on any atom is 0.243 e. The number of rotatable bonds is 4. The molecule has 1 saturated heterocycles. The topological polar surface area (TPSA) is 67.2 Å². The number of piperazine rings is 1. The summed E-state index contributed by atoms with van der Waals surface area (Å²) in [6.07, 6.45) is 2.75. The fraction of sp³-hybridized carbons (Fsp3) is 0.643. The van der Waals surface area contributed by atoms with Crippen LogP contribution in [0.4, 0.5) is 0 Å². The van der Waals surface area contributed by atoms with Crippen molar-refractivity contribution in [2.45, 2.75) is 38.8 Å². The number of amides is 2. The lowest BCUT2D eigenvalue weighted by Crippen LogP contribution is -2.58. The molecule has 114 valence electrons. The summed E-state index contributed by atoms with van der Waals surface area (Å²) < 4.78 is 1.71. The Morgan fingerprint density at radius 3 is 2.67 bits per heavy atom. The molecule has 1 aromatic rings. The molecule has 1 atom stereocenters. The van der Waals surface area contributed by atoms with Gasteiger partial charge in [0.1, 0.15) is 6.04 Å². The third-order valence-electron chi connectivity index (χ3n) is 4.23. The average Bonchev–Trinajstić information content (AvgIpc) is 3.24. The molecule has 1 unspecified atom stereocenters. The van der Waals surface area contributed by atoms with E-state index in [1.807, 2.05) is 14.0 Å². The normalized spacial score (nSPS) is 22.6. The molecule has 0 aromatic carbocycles. The third kappa shape index (κ3) is 2.52. The van der Waals surface area contributed by atoms with Gasteiger partial charge in [-0.2, -0.15) is 5.10 Å².